The molecule has 4 nitrogen and oxygen atoms in total. The normalized spacial score (nSPS) is 10.4. The molecule has 0 atom stereocenters. The van der Waals surface area contributed by atoms with Crippen LogP contribution in [0.4, 0.5) is 0 Å². The van der Waals surface area contributed by atoms with Crippen LogP contribution in [0, 0.1) is 6.92 Å². The number of aryl methyl sites for hydroxylation is 2. The largest absolute Gasteiger partial charge is 0.358 e. The number of aromatic nitrogens is 2. The second-order valence-corrected chi connectivity index (χ2v) is 5.48. The molecular formula is C16H22N4S. The van der Waals surface area contributed by atoms with E-state index in [-0.39, 0.29) is 0 Å². The summed E-state index contributed by atoms with van der Waals surface area (Å²) >= 11 is 5.44. The molecule has 5 heteroatoms. The number of hydrogen-bond acceptors (Lipinski definition) is 2. The molecule has 21 heavy (non-hydrogen) atoms. The Balaban J connectivity index is 1.88. The maximum Gasteiger partial charge on any atom is 0.169 e. The zero-order chi connectivity index (χ0) is 15.2. The first kappa shape index (κ1) is 15.5. The summed E-state index contributed by atoms with van der Waals surface area (Å²) in [5.41, 5.74) is 3.50. The molecule has 1 N–H and O–H groups in total. The molecule has 1 heterocycles. The van der Waals surface area contributed by atoms with E-state index in [2.05, 4.69) is 35.7 Å². The van der Waals surface area contributed by atoms with Crippen LogP contribution in [0.5, 0.6) is 0 Å². The third-order valence-corrected chi connectivity index (χ3v) is 3.87. The molecule has 0 aliphatic rings. The average Bonchev–Trinajstić information content (AvgIpc) is 2.86. The van der Waals surface area contributed by atoms with Gasteiger partial charge < -0.3 is 10.2 Å². The van der Waals surface area contributed by atoms with Gasteiger partial charge in [0, 0.05) is 38.4 Å². The first-order valence-corrected chi connectivity index (χ1v) is 7.56. The van der Waals surface area contributed by atoms with Gasteiger partial charge in [-0.25, -0.2) is 0 Å². The van der Waals surface area contributed by atoms with Crippen molar-refractivity contribution in [1.29, 1.82) is 0 Å². The summed E-state index contributed by atoms with van der Waals surface area (Å²) in [6, 6.07) is 10.3. The quantitative estimate of drug-likeness (QED) is 0.861. The van der Waals surface area contributed by atoms with Crippen LogP contribution in [0.25, 0.3) is 0 Å². The Hall–Kier alpha value is -1.88. The summed E-state index contributed by atoms with van der Waals surface area (Å²) in [7, 11) is 2.00. The lowest BCUT2D eigenvalue weighted by atomic mass is 10.2. The number of hydrogen-bond donors (Lipinski definition) is 1. The number of thiocarbonyl (C=S) groups is 1. The fraction of sp³-hybridized carbons (Fsp3) is 0.375. The first-order valence-electron chi connectivity index (χ1n) is 7.16. The molecule has 1 aromatic heterocycles. The molecule has 0 aliphatic heterocycles. The Morgan fingerprint density at radius 3 is 2.67 bits per heavy atom. The highest BCUT2D eigenvalue weighted by Crippen LogP contribution is 2.09. The summed E-state index contributed by atoms with van der Waals surface area (Å²) < 4.78 is 1.96. The molecular weight excluding hydrogens is 280 g/mol. The highest BCUT2D eigenvalue weighted by atomic mass is 32.1. The van der Waals surface area contributed by atoms with Crippen molar-refractivity contribution in [1.82, 2.24) is 20.0 Å². The molecule has 1 aromatic carbocycles. The molecule has 2 rings (SSSR count). The van der Waals surface area contributed by atoms with Crippen molar-refractivity contribution >= 4 is 17.3 Å². The monoisotopic (exact) mass is 302 g/mol. The van der Waals surface area contributed by atoms with Gasteiger partial charge in [-0.15, -0.1) is 0 Å². The minimum absolute atomic E-state index is 0.747. The number of nitrogens with zero attached hydrogens (tertiary/aromatic N) is 3. The average molecular weight is 302 g/mol. The first-order chi connectivity index (χ1) is 10.1. The Kier molecular flexibility index (Phi) is 5.33. The van der Waals surface area contributed by atoms with Gasteiger partial charge in [0.25, 0.3) is 0 Å². The molecule has 112 valence electrons. The van der Waals surface area contributed by atoms with Gasteiger partial charge in [0.15, 0.2) is 5.11 Å². The van der Waals surface area contributed by atoms with Gasteiger partial charge in [-0.2, -0.15) is 5.10 Å². The van der Waals surface area contributed by atoms with Gasteiger partial charge in [0.05, 0.1) is 5.69 Å². The Morgan fingerprint density at radius 1 is 1.33 bits per heavy atom. The van der Waals surface area contributed by atoms with E-state index < -0.39 is 0 Å². The molecule has 0 radical (unpaired) electrons. The summed E-state index contributed by atoms with van der Waals surface area (Å²) in [5.74, 6) is 0. The van der Waals surface area contributed by atoms with E-state index in [1.807, 2.05) is 41.8 Å². The minimum atomic E-state index is 0.747. The van der Waals surface area contributed by atoms with Crippen LogP contribution in [0.1, 0.15) is 23.7 Å². The van der Waals surface area contributed by atoms with Gasteiger partial charge in [-0.3, -0.25) is 4.68 Å². The maximum absolute atomic E-state index is 5.44. The van der Waals surface area contributed by atoms with Gasteiger partial charge in [-0.05, 0) is 31.6 Å². The van der Waals surface area contributed by atoms with Crippen LogP contribution in [-0.2, 0) is 19.6 Å². The zero-order valence-corrected chi connectivity index (χ0v) is 13.7. The molecule has 2 aromatic rings. The minimum Gasteiger partial charge on any atom is -0.358 e. The molecule has 0 unspecified atom stereocenters. The van der Waals surface area contributed by atoms with Crippen molar-refractivity contribution in [2.45, 2.75) is 33.5 Å². The molecule has 0 aliphatic carbocycles. The predicted octanol–water partition coefficient (Wildman–Crippen LogP) is 2.72. The zero-order valence-electron chi connectivity index (χ0n) is 12.8. The molecule has 0 spiro atoms. The van der Waals surface area contributed by atoms with Gasteiger partial charge >= 0.3 is 0 Å². The second-order valence-electron chi connectivity index (χ2n) is 5.10. The van der Waals surface area contributed by atoms with E-state index in [0.29, 0.717) is 0 Å². The van der Waals surface area contributed by atoms with E-state index in [4.69, 9.17) is 12.2 Å². The van der Waals surface area contributed by atoms with Crippen molar-refractivity contribution in [3.05, 3.63) is 53.3 Å². The van der Waals surface area contributed by atoms with Crippen molar-refractivity contribution in [2.75, 3.05) is 7.05 Å². The lowest BCUT2D eigenvalue weighted by molar-refractivity contribution is 0.487. The predicted molar refractivity (Wildman–Crippen MR) is 90.0 cm³/mol. The van der Waals surface area contributed by atoms with Crippen molar-refractivity contribution in [3.63, 3.8) is 0 Å². The van der Waals surface area contributed by atoms with Crippen LogP contribution < -0.4 is 5.32 Å². The fourth-order valence-corrected chi connectivity index (χ4v) is 2.25. The Labute approximate surface area is 131 Å². The van der Waals surface area contributed by atoms with Crippen LogP contribution in [0.15, 0.2) is 36.5 Å². The van der Waals surface area contributed by atoms with Gasteiger partial charge in [0.1, 0.15) is 0 Å². The van der Waals surface area contributed by atoms with Gasteiger partial charge in [0.2, 0.25) is 0 Å². The van der Waals surface area contributed by atoms with Crippen LogP contribution in [0.2, 0.25) is 0 Å². The lowest BCUT2D eigenvalue weighted by Crippen LogP contribution is -2.36. The Bertz CT molecular complexity index is 592. The summed E-state index contributed by atoms with van der Waals surface area (Å²) in [4.78, 5) is 2.04. The number of nitrogens with one attached hydrogen (secondary N) is 1. The molecule has 0 amide bonds. The summed E-state index contributed by atoms with van der Waals surface area (Å²) in [5, 5.41) is 8.50. The lowest BCUT2D eigenvalue weighted by Gasteiger charge is -2.20. The van der Waals surface area contributed by atoms with E-state index in [9.17, 15) is 0 Å². The van der Waals surface area contributed by atoms with E-state index >= 15 is 0 Å². The van der Waals surface area contributed by atoms with Crippen molar-refractivity contribution in [3.8, 4) is 0 Å². The molecule has 0 saturated carbocycles. The van der Waals surface area contributed by atoms with E-state index in [0.717, 1.165) is 30.4 Å². The van der Waals surface area contributed by atoms with Crippen LogP contribution in [0.3, 0.4) is 0 Å². The summed E-state index contributed by atoms with van der Waals surface area (Å²) in [6.45, 7) is 6.53. The SMILES string of the molecule is CCn1cc(CN(C)C(=S)NCc2ccccc2)c(C)n1. The smallest absolute Gasteiger partial charge is 0.169 e. The molecule has 0 bridgehead atoms. The third-order valence-electron chi connectivity index (χ3n) is 3.41. The molecule has 0 fully saturated rings. The highest BCUT2D eigenvalue weighted by Gasteiger charge is 2.09. The third kappa shape index (κ3) is 4.29. The van der Waals surface area contributed by atoms with Crippen molar-refractivity contribution < 1.29 is 0 Å². The highest BCUT2D eigenvalue weighted by molar-refractivity contribution is 7.80. The number of benzene rings is 1. The van der Waals surface area contributed by atoms with Crippen molar-refractivity contribution in [2.24, 2.45) is 0 Å². The van der Waals surface area contributed by atoms with Crippen LogP contribution >= 0.6 is 12.2 Å². The summed E-state index contributed by atoms with van der Waals surface area (Å²) in [6.07, 6.45) is 2.09. The van der Waals surface area contributed by atoms with Crippen LogP contribution in [-0.4, -0.2) is 26.8 Å². The standard InChI is InChI=1S/C16H22N4S/c1-4-20-12-15(13(2)18-20)11-19(3)16(21)17-10-14-8-6-5-7-9-14/h5-9,12H,4,10-11H2,1-3H3,(H,17,21). The topological polar surface area (TPSA) is 33.1 Å². The maximum atomic E-state index is 5.44. The van der Waals surface area contributed by atoms with E-state index in [1.54, 1.807) is 0 Å². The van der Waals surface area contributed by atoms with Gasteiger partial charge in [-0.1, -0.05) is 30.3 Å². The number of rotatable bonds is 5. The van der Waals surface area contributed by atoms with E-state index in [1.165, 1.54) is 11.1 Å². The Morgan fingerprint density at radius 2 is 2.05 bits per heavy atom. The molecule has 0 saturated heterocycles. The fourth-order valence-electron chi connectivity index (χ4n) is 2.11. The second kappa shape index (κ2) is 7.22.